The van der Waals surface area contributed by atoms with E-state index in [9.17, 15) is 0 Å². The molecule has 71 valence electrons. The van der Waals surface area contributed by atoms with Gasteiger partial charge in [0, 0.05) is 0 Å². The monoisotopic (exact) mass is 187 g/mol. The minimum atomic E-state index is -0.593. The first kappa shape index (κ1) is 11.6. The van der Waals surface area contributed by atoms with E-state index in [-0.39, 0.29) is 0 Å². The van der Waals surface area contributed by atoms with Crippen molar-refractivity contribution in [2.24, 2.45) is 0 Å². The van der Waals surface area contributed by atoms with Gasteiger partial charge < -0.3 is 9.16 Å². The van der Waals surface area contributed by atoms with Crippen LogP contribution >= 0.6 is 0 Å². The molecule has 0 aliphatic heterocycles. The minimum Gasteiger partial charge on any atom is -0.545 e. The molecule has 0 rings (SSSR count). The van der Waals surface area contributed by atoms with Crippen LogP contribution in [0.3, 0.4) is 0 Å². The molecule has 0 atom stereocenters. The van der Waals surface area contributed by atoms with Crippen molar-refractivity contribution in [3.63, 3.8) is 0 Å². The normalized spacial score (nSPS) is 11.9. The first-order chi connectivity index (χ1) is 5.74. The van der Waals surface area contributed by atoms with Gasteiger partial charge in [-0.15, -0.1) is 0 Å². The Morgan fingerprint density at radius 1 is 1.25 bits per heavy atom. The van der Waals surface area contributed by atoms with E-state index in [0.717, 1.165) is 17.8 Å². The minimum absolute atomic E-state index is 0.593. The van der Waals surface area contributed by atoms with Crippen molar-refractivity contribution in [2.45, 2.75) is 39.8 Å². The van der Waals surface area contributed by atoms with E-state index in [1.807, 2.05) is 13.8 Å². The number of hydrogen-bond acceptors (Lipinski definition) is 2. The van der Waals surface area contributed by atoms with Crippen molar-refractivity contribution >= 4 is 9.04 Å². The second-order valence-electron chi connectivity index (χ2n) is 2.53. The summed E-state index contributed by atoms with van der Waals surface area (Å²) in [6.07, 6.45) is 1.75. The zero-order valence-electron chi connectivity index (χ0n) is 8.52. The van der Waals surface area contributed by atoms with Crippen molar-refractivity contribution in [1.82, 2.24) is 0 Å². The third kappa shape index (κ3) is 5.24. The lowest BCUT2D eigenvalue weighted by atomic mass is 10.6. The molecule has 0 spiro atoms. The third-order valence-corrected chi connectivity index (χ3v) is 3.58. The third-order valence-electron chi connectivity index (χ3n) is 1.55. The van der Waals surface area contributed by atoms with Gasteiger partial charge in [-0.05, 0) is 25.9 Å². The van der Waals surface area contributed by atoms with Crippen molar-refractivity contribution in [3.8, 4) is 0 Å². The first-order valence-electron chi connectivity index (χ1n) is 4.55. The number of rotatable bonds is 6. The topological polar surface area (TPSA) is 18.5 Å². The zero-order chi connectivity index (χ0) is 9.40. The lowest BCUT2D eigenvalue weighted by molar-refractivity contribution is 0.220. The van der Waals surface area contributed by atoms with E-state index < -0.39 is 9.04 Å². The van der Waals surface area contributed by atoms with E-state index in [2.05, 4.69) is 13.8 Å². The van der Waals surface area contributed by atoms with Crippen LogP contribution in [0.25, 0.3) is 0 Å². The quantitative estimate of drug-likeness (QED) is 0.470. The second-order valence-corrected chi connectivity index (χ2v) is 5.25. The number of ether oxygens (including phenoxy) is 1. The highest BCUT2D eigenvalue weighted by Gasteiger charge is 2.06. The number of allylic oxidation sites excluding steroid dienone is 1. The van der Waals surface area contributed by atoms with Gasteiger partial charge in [0.05, 0.1) is 6.61 Å². The van der Waals surface area contributed by atoms with Crippen LogP contribution in [0.4, 0.5) is 0 Å². The molecule has 1 radical (unpaired) electrons. The fraction of sp³-hybridized carbons (Fsp3) is 0.778. The highest BCUT2D eigenvalue weighted by molar-refractivity contribution is 6.51. The van der Waals surface area contributed by atoms with Gasteiger partial charge in [0.1, 0.15) is 12.0 Å². The Bertz CT molecular complexity index is 130. The van der Waals surface area contributed by atoms with Gasteiger partial charge in [-0.25, -0.2) is 0 Å². The lowest BCUT2D eigenvalue weighted by Crippen LogP contribution is -2.11. The summed E-state index contributed by atoms with van der Waals surface area (Å²) in [5, 5.41) is 0. The molecule has 0 N–H and O–H groups in total. The number of hydrogen-bond donors (Lipinski definition) is 0. The maximum absolute atomic E-state index is 5.57. The summed E-state index contributed by atoms with van der Waals surface area (Å²) in [6.45, 7) is 8.95. The Morgan fingerprint density at radius 2 is 1.83 bits per heavy atom. The Balaban J connectivity index is 3.68. The molecule has 0 bridgehead atoms. The van der Waals surface area contributed by atoms with Crippen LogP contribution in [0.2, 0.25) is 12.1 Å². The molecule has 12 heavy (non-hydrogen) atoms. The molecule has 0 heterocycles. The molecule has 0 saturated heterocycles. The molecular weight excluding hydrogens is 168 g/mol. The summed E-state index contributed by atoms with van der Waals surface area (Å²) in [6, 6.07) is 2.30. The molecule has 0 saturated carbocycles. The average molecular weight is 187 g/mol. The summed E-state index contributed by atoms with van der Waals surface area (Å²) >= 11 is 0. The van der Waals surface area contributed by atoms with Crippen LogP contribution in [-0.2, 0) is 9.16 Å². The first-order valence-corrected chi connectivity index (χ1v) is 6.37. The maximum atomic E-state index is 5.57. The molecule has 0 unspecified atom stereocenters. The zero-order valence-corrected chi connectivity index (χ0v) is 9.52. The molecule has 3 heteroatoms. The van der Waals surface area contributed by atoms with Gasteiger partial charge >= 0.3 is 0 Å². The van der Waals surface area contributed by atoms with Crippen LogP contribution < -0.4 is 0 Å². The van der Waals surface area contributed by atoms with Gasteiger partial charge in [0.15, 0.2) is 0 Å². The van der Waals surface area contributed by atoms with E-state index >= 15 is 0 Å². The highest BCUT2D eigenvalue weighted by atomic mass is 28.3. The standard InChI is InChI=1S/C9H19O2Si/c1-5-10-9(4)8-11-12(6-2)7-3/h8H,5-7H2,1-4H3. The molecule has 0 aromatic rings. The van der Waals surface area contributed by atoms with Crippen molar-refractivity contribution < 1.29 is 9.16 Å². The Labute approximate surface area is 77.3 Å². The van der Waals surface area contributed by atoms with Gasteiger partial charge in [0.2, 0.25) is 0 Å². The molecule has 0 aromatic carbocycles. The summed E-state index contributed by atoms with van der Waals surface area (Å²) in [4.78, 5) is 0. The molecule has 0 fully saturated rings. The van der Waals surface area contributed by atoms with E-state index in [1.165, 1.54) is 0 Å². The fourth-order valence-electron chi connectivity index (χ4n) is 0.845. The largest absolute Gasteiger partial charge is 0.545 e. The molecule has 2 nitrogen and oxygen atoms in total. The molecule has 0 aromatic heterocycles. The van der Waals surface area contributed by atoms with Crippen molar-refractivity contribution in [2.75, 3.05) is 6.61 Å². The van der Waals surface area contributed by atoms with Crippen molar-refractivity contribution in [1.29, 1.82) is 0 Å². The lowest BCUT2D eigenvalue weighted by Gasteiger charge is -2.10. The van der Waals surface area contributed by atoms with Gasteiger partial charge in [0.25, 0.3) is 9.04 Å². The van der Waals surface area contributed by atoms with E-state index in [4.69, 9.17) is 9.16 Å². The predicted molar refractivity (Wildman–Crippen MR) is 53.2 cm³/mol. The second kappa shape index (κ2) is 7.22. The van der Waals surface area contributed by atoms with Crippen LogP contribution in [0, 0.1) is 0 Å². The van der Waals surface area contributed by atoms with Crippen LogP contribution in [-0.4, -0.2) is 15.6 Å². The molecule has 0 aliphatic rings. The van der Waals surface area contributed by atoms with E-state index in [1.54, 1.807) is 6.26 Å². The fourth-order valence-corrected chi connectivity index (χ4v) is 2.01. The Hall–Kier alpha value is -0.443. The summed E-state index contributed by atoms with van der Waals surface area (Å²) in [7, 11) is -0.593. The molecule has 0 amide bonds. The SMILES string of the molecule is CCOC(C)=CO[Si](CC)CC. The molecular formula is C9H19O2Si. The van der Waals surface area contributed by atoms with Crippen LogP contribution in [0.15, 0.2) is 12.0 Å². The Kier molecular flexibility index (Phi) is 6.95. The van der Waals surface area contributed by atoms with Crippen LogP contribution in [0.1, 0.15) is 27.7 Å². The maximum Gasteiger partial charge on any atom is 0.279 e. The summed E-state index contributed by atoms with van der Waals surface area (Å²) in [5.74, 6) is 0.877. The average Bonchev–Trinajstić information content (AvgIpc) is 2.07. The molecule has 0 aliphatic carbocycles. The van der Waals surface area contributed by atoms with Gasteiger partial charge in [-0.1, -0.05) is 13.8 Å². The van der Waals surface area contributed by atoms with Crippen molar-refractivity contribution in [3.05, 3.63) is 12.0 Å². The van der Waals surface area contributed by atoms with Crippen LogP contribution in [0.5, 0.6) is 0 Å². The summed E-state index contributed by atoms with van der Waals surface area (Å²) in [5.41, 5.74) is 0. The smallest absolute Gasteiger partial charge is 0.279 e. The van der Waals surface area contributed by atoms with Gasteiger partial charge in [-0.2, -0.15) is 0 Å². The highest BCUT2D eigenvalue weighted by Crippen LogP contribution is 2.03. The van der Waals surface area contributed by atoms with E-state index in [0.29, 0.717) is 6.61 Å². The predicted octanol–water partition coefficient (Wildman–Crippen LogP) is 2.93. The Morgan fingerprint density at radius 3 is 2.25 bits per heavy atom. The van der Waals surface area contributed by atoms with Gasteiger partial charge in [-0.3, -0.25) is 0 Å². The summed E-state index contributed by atoms with van der Waals surface area (Å²) < 4.78 is 10.8.